The average Bonchev–Trinajstić information content (AvgIpc) is 3.52. The number of cyclic esters (lactones) is 2. The van der Waals surface area contributed by atoms with E-state index in [9.17, 15) is 14.4 Å². The maximum absolute atomic E-state index is 13.5. The van der Waals surface area contributed by atoms with E-state index in [4.69, 9.17) is 16.0 Å². The Balaban J connectivity index is 1.28. The number of carbonyl (C=O) groups excluding carboxylic acids is 3. The Morgan fingerprint density at radius 3 is 2.47 bits per heavy atom. The minimum absolute atomic E-state index is 0.00651. The van der Waals surface area contributed by atoms with Crippen molar-refractivity contribution in [2.45, 2.75) is 45.8 Å². The smallest absolute Gasteiger partial charge is 0.338 e. The number of piperidine rings is 1. The second-order valence-corrected chi connectivity index (χ2v) is 10.2. The molecule has 190 valence electrons. The minimum Gasteiger partial charge on any atom is -0.457 e. The van der Waals surface area contributed by atoms with Crippen molar-refractivity contribution in [3.05, 3.63) is 57.1 Å². The first-order valence-corrected chi connectivity index (χ1v) is 12.6. The molecular formula is C27H32N4O5. The Morgan fingerprint density at radius 2 is 1.78 bits per heavy atom. The molecule has 5 rings (SSSR count). The standard InChI is InChI=1S/C27H32N4O5/c1-17-19(4-5-20-21(17)15-35-25(20)33)22(29-10-9-28-3)14-30-11-6-27(7-12-30)8-13-31(26(27)34)23-16-36-24(32)18(23)2/h4-5,22,29H,6-16H2,1-2H3. The van der Waals surface area contributed by atoms with Crippen LogP contribution in [-0.4, -0.2) is 73.5 Å². The van der Waals surface area contributed by atoms with Crippen LogP contribution in [0.15, 0.2) is 23.4 Å². The van der Waals surface area contributed by atoms with E-state index in [2.05, 4.69) is 15.1 Å². The van der Waals surface area contributed by atoms with Gasteiger partial charge in [-0.2, -0.15) is 0 Å². The molecule has 1 spiro atoms. The fourth-order valence-corrected chi connectivity index (χ4v) is 6.03. The Labute approximate surface area is 211 Å². The summed E-state index contributed by atoms with van der Waals surface area (Å²) in [7, 11) is 0. The summed E-state index contributed by atoms with van der Waals surface area (Å²) in [6, 6.07) is 3.86. The average molecular weight is 493 g/mol. The van der Waals surface area contributed by atoms with Gasteiger partial charge in [0.25, 0.3) is 0 Å². The topological polar surface area (TPSA) is 92.5 Å². The zero-order valence-corrected chi connectivity index (χ0v) is 20.9. The Hall–Kier alpha value is -3.22. The highest BCUT2D eigenvalue weighted by atomic mass is 16.5. The van der Waals surface area contributed by atoms with Gasteiger partial charge in [-0.25, -0.2) is 16.2 Å². The van der Waals surface area contributed by atoms with Gasteiger partial charge in [0.1, 0.15) is 13.2 Å². The Morgan fingerprint density at radius 1 is 1.06 bits per heavy atom. The number of benzene rings is 1. The number of amides is 1. The molecule has 2 saturated heterocycles. The lowest BCUT2D eigenvalue weighted by Gasteiger charge is -2.39. The lowest BCUT2D eigenvalue weighted by atomic mass is 9.77. The molecule has 0 radical (unpaired) electrons. The largest absolute Gasteiger partial charge is 0.457 e. The molecule has 0 aliphatic carbocycles. The van der Waals surface area contributed by atoms with Crippen LogP contribution in [-0.2, 0) is 25.7 Å². The normalized spacial score (nSPS) is 22.1. The molecule has 36 heavy (non-hydrogen) atoms. The summed E-state index contributed by atoms with van der Waals surface area (Å²) in [5.41, 5.74) is 4.66. The van der Waals surface area contributed by atoms with Gasteiger partial charge in [-0.15, -0.1) is 0 Å². The van der Waals surface area contributed by atoms with Gasteiger partial charge in [0.05, 0.1) is 28.8 Å². The highest BCUT2D eigenvalue weighted by Crippen LogP contribution is 2.44. The number of carbonyl (C=O) groups is 3. The van der Waals surface area contributed by atoms with Crippen molar-refractivity contribution < 1.29 is 23.9 Å². The number of hydrogen-bond acceptors (Lipinski definition) is 7. The molecule has 0 saturated carbocycles. The predicted molar refractivity (Wildman–Crippen MR) is 131 cm³/mol. The number of nitrogens with zero attached hydrogens (tertiary/aromatic N) is 3. The molecule has 1 aromatic rings. The summed E-state index contributed by atoms with van der Waals surface area (Å²) in [5.74, 6) is -0.475. The number of likely N-dealkylation sites (tertiary alicyclic amines) is 2. The summed E-state index contributed by atoms with van der Waals surface area (Å²) < 4.78 is 10.4. The van der Waals surface area contributed by atoms with Crippen LogP contribution in [0.5, 0.6) is 0 Å². The van der Waals surface area contributed by atoms with Crippen molar-refractivity contribution >= 4 is 17.8 Å². The van der Waals surface area contributed by atoms with Gasteiger partial charge in [0.15, 0.2) is 0 Å². The van der Waals surface area contributed by atoms with Crippen molar-refractivity contribution in [3.63, 3.8) is 0 Å². The molecule has 0 aromatic heterocycles. The zero-order valence-electron chi connectivity index (χ0n) is 20.9. The fourth-order valence-electron chi connectivity index (χ4n) is 6.03. The first-order chi connectivity index (χ1) is 17.3. The lowest BCUT2D eigenvalue weighted by Crippen LogP contribution is -2.47. The predicted octanol–water partition coefficient (Wildman–Crippen LogP) is 2.36. The quantitative estimate of drug-likeness (QED) is 0.355. The van der Waals surface area contributed by atoms with Crippen molar-refractivity contribution in [3.8, 4) is 0 Å². The lowest BCUT2D eigenvalue weighted by molar-refractivity contribution is -0.138. The summed E-state index contributed by atoms with van der Waals surface area (Å²) in [6.07, 6.45) is 2.36. The molecule has 2 fully saturated rings. The molecule has 4 heterocycles. The van der Waals surface area contributed by atoms with E-state index in [1.54, 1.807) is 11.8 Å². The number of nitrogens with one attached hydrogen (secondary N) is 1. The SMILES string of the molecule is [C-]#[N+]CCNC(CN1CCC2(CC1)CCN(C1=C(C)C(=O)OC1)C2=O)c1ccc2c(c1C)COC2=O. The molecule has 1 N–H and O–H groups in total. The molecule has 1 amide bonds. The second-order valence-electron chi connectivity index (χ2n) is 10.2. The molecule has 9 heteroatoms. The minimum atomic E-state index is -0.371. The van der Waals surface area contributed by atoms with Crippen molar-refractivity contribution in [1.29, 1.82) is 0 Å². The van der Waals surface area contributed by atoms with E-state index in [1.807, 2.05) is 19.1 Å². The summed E-state index contributed by atoms with van der Waals surface area (Å²) in [4.78, 5) is 44.9. The third-order valence-electron chi connectivity index (χ3n) is 8.37. The van der Waals surface area contributed by atoms with Crippen LogP contribution in [0.25, 0.3) is 4.85 Å². The first kappa shape index (κ1) is 24.5. The van der Waals surface area contributed by atoms with E-state index in [0.717, 1.165) is 61.3 Å². The van der Waals surface area contributed by atoms with Crippen LogP contribution >= 0.6 is 0 Å². The monoisotopic (exact) mass is 492 g/mol. The maximum atomic E-state index is 13.5. The molecular weight excluding hydrogens is 460 g/mol. The number of hydrogen-bond donors (Lipinski definition) is 1. The number of esters is 2. The van der Waals surface area contributed by atoms with Gasteiger partial charge >= 0.3 is 11.9 Å². The molecule has 1 unspecified atom stereocenters. The van der Waals surface area contributed by atoms with E-state index in [-0.39, 0.29) is 35.9 Å². The molecule has 1 atom stereocenters. The van der Waals surface area contributed by atoms with Crippen LogP contribution in [0.2, 0.25) is 0 Å². The molecule has 0 bridgehead atoms. The zero-order chi connectivity index (χ0) is 25.4. The highest BCUT2D eigenvalue weighted by molar-refractivity contribution is 5.94. The number of ether oxygens (including phenoxy) is 2. The van der Waals surface area contributed by atoms with Gasteiger partial charge in [-0.05, 0) is 63.4 Å². The second kappa shape index (κ2) is 9.68. The van der Waals surface area contributed by atoms with Crippen LogP contribution in [0, 0.1) is 18.9 Å². The van der Waals surface area contributed by atoms with Gasteiger partial charge in [-0.1, -0.05) is 6.07 Å². The number of fused-ring (bicyclic) bond motifs is 1. The summed E-state index contributed by atoms with van der Waals surface area (Å²) in [5, 5.41) is 3.54. The van der Waals surface area contributed by atoms with Crippen LogP contribution in [0.4, 0.5) is 0 Å². The number of rotatable bonds is 7. The van der Waals surface area contributed by atoms with Crippen molar-refractivity contribution in [1.82, 2.24) is 15.1 Å². The Kier molecular flexibility index (Phi) is 6.58. The third-order valence-corrected chi connectivity index (χ3v) is 8.37. The molecule has 4 aliphatic rings. The third kappa shape index (κ3) is 4.18. The molecule has 1 aromatic carbocycles. The van der Waals surface area contributed by atoms with Gasteiger partial charge in [0, 0.05) is 24.7 Å². The molecule has 4 aliphatic heterocycles. The fraction of sp³-hybridized carbons (Fsp3) is 0.556. The van der Waals surface area contributed by atoms with E-state index in [1.165, 1.54) is 0 Å². The van der Waals surface area contributed by atoms with Crippen LogP contribution < -0.4 is 5.32 Å². The molecule has 9 nitrogen and oxygen atoms in total. The first-order valence-electron chi connectivity index (χ1n) is 12.6. The van der Waals surface area contributed by atoms with Crippen molar-refractivity contribution in [2.24, 2.45) is 5.41 Å². The maximum Gasteiger partial charge on any atom is 0.338 e. The van der Waals surface area contributed by atoms with E-state index >= 15 is 0 Å². The van der Waals surface area contributed by atoms with E-state index in [0.29, 0.717) is 37.4 Å². The summed E-state index contributed by atoms with van der Waals surface area (Å²) in [6.45, 7) is 15.4. The van der Waals surface area contributed by atoms with Gasteiger partial charge in [0.2, 0.25) is 12.5 Å². The van der Waals surface area contributed by atoms with Gasteiger partial charge < -0.3 is 29.4 Å². The summed E-state index contributed by atoms with van der Waals surface area (Å²) >= 11 is 0. The van der Waals surface area contributed by atoms with Crippen LogP contribution in [0.3, 0.4) is 0 Å². The van der Waals surface area contributed by atoms with Gasteiger partial charge in [-0.3, -0.25) is 4.79 Å². The van der Waals surface area contributed by atoms with E-state index < -0.39 is 0 Å². The van der Waals surface area contributed by atoms with Crippen molar-refractivity contribution in [2.75, 3.05) is 45.9 Å². The highest BCUT2D eigenvalue weighted by Gasteiger charge is 2.50. The Bertz CT molecular complexity index is 1180. The van der Waals surface area contributed by atoms with Crippen LogP contribution in [0.1, 0.15) is 59.3 Å².